The van der Waals surface area contributed by atoms with Gasteiger partial charge in [-0.05, 0) is 67.9 Å². The van der Waals surface area contributed by atoms with Crippen LogP contribution in [-0.2, 0) is 6.54 Å². The van der Waals surface area contributed by atoms with Crippen molar-refractivity contribution >= 4 is 22.3 Å². The van der Waals surface area contributed by atoms with Gasteiger partial charge in [0.25, 0.3) is 0 Å². The Labute approximate surface area is 163 Å². The van der Waals surface area contributed by atoms with Gasteiger partial charge in [0.15, 0.2) is 0 Å². The summed E-state index contributed by atoms with van der Waals surface area (Å²) in [6.45, 7) is 7.94. The molecule has 1 saturated heterocycles. The monoisotopic (exact) mass is 382 g/mol. The Morgan fingerprint density at radius 1 is 1.22 bits per heavy atom. The van der Waals surface area contributed by atoms with Gasteiger partial charge in [-0.25, -0.2) is 4.79 Å². The highest BCUT2D eigenvalue weighted by Gasteiger charge is 2.24. The zero-order valence-electron chi connectivity index (χ0n) is 16.0. The molecule has 0 spiro atoms. The molecule has 4 rings (SSSR count). The van der Waals surface area contributed by atoms with E-state index >= 15 is 0 Å². The molecule has 0 aliphatic carbocycles. The molecule has 1 N–H and O–H groups in total. The largest absolute Gasteiger partial charge is 0.422 e. The maximum atomic E-state index is 12.1. The van der Waals surface area contributed by atoms with E-state index in [1.54, 1.807) is 6.07 Å². The Bertz CT molecular complexity index is 972. The van der Waals surface area contributed by atoms with Crippen LogP contribution >= 0.6 is 11.3 Å². The predicted octanol–water partition coefficient (Wildman–Crippen LogP) is 4.40. The van der Waals surface area contributed by atoms with Gasteiger partial charge in [0.1, 0.15) is 5.58 Å². The number of hydrogen-bond acceptors (Lipinski definition) is 5. The van der Waals surface area contributed by atoms with Crippen molar-refractivity contribution in [2.75, 3.05) is 19.6 Å². The first-order chi connectivity index (χ1) is 13.1. The first-order valence-corrected chi connectivity index (χ1v) is 10.5. The molecule has 142 valence electrons. The van der Waals surface area contributed by atoms with E-state index in [0.29, 0.717) is 18.2 Å². The van der Waals surface area contributed by atoms with E-state index in [0.717, 1.165) is 28.6 Å². The molecule has 3 aromatic rings. The summed E-state index contributed by atoms with van der Waals surface area (Å²) in [6.07, 6.45) is 2.57. The third kappa shape index (κ3) is 3.86. The SMILES string of the molecule is Cc1ccc2c(CNC[C@H](c3cccs3)N3CCCC3)cc(=O)oc2c1C. The van der Waals surface area contributed by atoms with Crippen LogP contribution in [0, 0.1) is 13.8 Å². The summed E-state index contributed by atoms with van der Waals surface area (Å²) in [7, 11) is 0. The van der Waals surface area contributed by atoms with Gasteiger partial charge in [-0.2, -0.15) is 0 Å². The number of aryl methyl sites for hydroxylation is 2. The summed E-state index contributed by atoms with van der Waals surface area (Å²) in [5, 5.41) is 6.78. The van der Waals surface area contributed by atoms with Crippen molar-refractivity contribution in [3.63, 3.8) is 0 Å². The Morgan fingerprint density at radius 2 is 2.04 bits per heavy atom. The molecule has 5 heteroatoms. The van der Waals surface area contributed by atoms with Crippen molar-refractivity contribution in [2.24, 2.45) is 0 Å². The summed E-state index contributed by atoms with van der Waals surface area (Å²) in [6, 6.07) is 10.6. The zero-order chi connectivity index (χ0) is 18.8. The topological polar surface area (TPSA) is 45.5 Å². The minimum absolute atomic E-state index is 0.276. The fourth-order valence-corrected chi connectivity index (χ4v) is 4.82. The molecular formula is C22H26N2O2S. The minimum Gasteiger partial charge on any atom is -0.422 e. The maximum Gasteiger partial charge on any atom is 0.336 e. The van der Waals surface area contributed by atoms with Crippen molar-refractivity contribution in [1.82, 2.24) is 10.2 Å². The quantitative estimate of drug-likeness (QED) is 0.642. The van der Waals surface area contributed by atoms with Gasteiger partial charge in [0, 0.05) is 29.4 Å². The molecule has 1 aromatic carbocycles. The third-order valence-corrected chi connectivity index (χ3v) is 6.60. The van der Waals surface area contributed by atoms with Gasteiger partial charge in [-0.15, -0.1) is 11.3 Å². The molecule has 0 bridgehead atoms. The van der Waals surface area contributed by atoms with Crippen LogP contribution < -0.4 is 10.9 Å². The lowest BCUT2D eigenvalue weighted by atomic mass is 10.0. The number of nitrogens with one attached hydrogen (secondary N) is 1. The Morgan fingerprint density at radius 3 is 2.78 bits per heavy atom. The number of fused-ring (bicyclic) bond motifs is 1. The Kier molecular flexibility index (Phi) is 5.43. The van der Waals surface area contributed by atoms with Gasteiger partial charge in [-0.1, -0.05) is 18.2 Å². The number of hydrogen-bond donors (Lipinski definition) is 1. The molecule has 1 fully saturated rings. The van der Waals surface area contributed by atoms with Crippen molar-refractivity contribution in [3.8, 4) is 0 Å². The van der Waals surface area contributed by atoms with E-state index in [2.05, 4.69) is 39.9 Å². The second kappa shape index (κ2) is 7.97. The normalized spacial score (nSPS) is 16.2. The van der Waals surface area contributed by atoms with Crippen molar-refractivity contribution < 1.29 is 4.42 Å². The molecule has 0 radical (unpaired) electrons. The average Bonchev–Trinajstić information content (AvgIpc) is 3.36. The molecule has 0 unspecified atom stereocenters. The Hall–Kier alpha value is -1.95. The molecule has 1 aliphatic heterocycles. The number of thiophene rings is 1. The van der Waals surface area contributed by atoms with Crippen LogP contribution in [0.25, 0.3) is 11.0 Å². The lowest BCUT2D eigenvalue weighted by molar-refractivity contribution is 0.242. The van der Waals surface area contributed by atoms with Crippen LogP contribution in [0.5, 0.6) is 0 Å². The molecule has 2 aromatic heterocycles. The lowest BCUT2D eigenvalue weighted by Crippen LogP contribution is -2.33. The summed E-state index contributed by atoms with van der Waals surface area (Å²) in [4.78, 5) is 16.0. The van der Waals surface area contributed by atoms with Crippen LogP contribution in [0.4, 0.5) is 0 Å². The van der Waals surface area contributed by atoms with Crippen molar-refractivity contribution in [2.45, 2.75) is 39.3 Å². The Balaban J connectivity index is 1.54. The highest BCUT2D eigenvalue weighted by Crippen LogP contribution is 2.28. The zero-order valence-corrected chi connectivity index (χ0v) is 16.8. The van der Waals surface area contributed by atoms with Gasteiger partial charge in [-0.3, -0.25) is 4.90 Å². The van der Waals surface area contributed by atoms with Crippen LogP contribution in [0.2, 0.25) is 0 Å². The lowest BCUT2D eigenvalue weighted by Gasteiger charge is -2.27. The fourth-order valence-electron chi connectivity index (χ4n) is 3.96. The van der Waals surface area contributed by atoms with Crippen molar-refractivity contribution in [1.29, 1.82) is 0 Å². The van der Waals surface area contributed by atoms with E-state index < -0.39 is 0 Å². The number of nitrogens with zero attached hydrogens (tertiary/aromatic N) is 1. The van der Waals surface area contributed by atoms with Gasteiger partial charge in [0.2, 0.25) is 0 Å². The number of likely N-dealkylation sites (tertiary alicyclic amines) is 1. The maximum absolute atomic E-state index is 12.1. The first kappa shape index (κ1) is 18.4. The molecule has 1 aliphatic rings. The van der Waals surface area contributed by atoms with Crippen LogP contribution in [0.1, 0.15) is 40.5 Å². The smallest absolute Gasteiger partial charge is 0.336 e. The second-order valence-electron chi connectivity index (χ2n) is 7.38. The second-order valence-corrected chi connectivity index (χ2v) is 8.36. The fraction of sp³-hybridized carbons (Fsp3) is 0.409. The van der Waals surface area contributed by atoms with Crippen LogP contribution in [-0.4, -0.2) is 24.5 Å². The summed E-state index contributed by atoms with van der Waals surface area (Å²) >= 11 is 1.83. The third-order valence-electron chi connectivity index (χ3n) is 5.62. The number of rotatable bonds is 6. The van der Waals surface area contributed by atoms with Gasteiger partial charge >= 0.3 is 5.63 Å². The molecule has 0 amide bonds. The van der Waals surface area contributed by atoms with Crippen LogP contribution in [0.3, 0.4) is 0 Å². The molecule has 27 heavy (non-hydrogen) atoms. The predicted molar refractivity (Wildman–Crippen MR) is 112 cm³/mol. The number of benzene rings is 1. The highest BCUT2D eigenvalue weighted by molar-refractivity contribution is 7.10. The first-order valence-electron chi connectivity index (χ1n) is 9.64. The molecule has 4 nitrogen and oxygen atoms in total. The van der Waals surface area contributed by atoms with Gasteiger partial charge in [0.05, 0.1) is 6.04 Å². The summed E-state index contributed by atoms with van der Waals surface area (Å²) in [5.41, 5.74) is 3.63. The van der Waals surface area contributed by atoms with Crippen molar-refractivity contribution in [3.05, 3.63) is 67.7 Å². The molecular weight excluding hydrogens is 356 g/mol. The molecule has 3 heterocycles. The summed E-state index contributed by atoms with van der Waals surface area (Å²) in [5.74, 6) is 0. The standard InChI is InChI=1S/C22H26N2O2S/c1-15-7-8-18-17(12-21(25)26-22(18)16(15)2)13-23-14-19(20-6-5-11-27-20)24-9-3-4-10-24/h5-8,11-12,19,23H,3-4,9-10,13-14H2,1-2H3/t19-/m1/s1. The summed E-state index contributed by atoms with van der Waals surface area (Å²) < 4.78 is 5.49. The minimum atomic E-state index is -0.276. The van der Waals surface area contributed by atoms with E-state index in [1.165, 1.54) is 30.8 Å². The molecule has 1 atom stereocenters. The van der Waals surface area contributed by atoms with E-state index in [4.69, 9.17) is 4.42 Å². The van der Waals surface area contributed by atoms with E-state index in [-0.39, 0.29) is 5.63 Å². The van der Waals surface area contributed by atoms with E-state index in [1.807, 2.05) is 25.2 Å². The van der Waals surface area contributed by atoms with Crippen LogP contribution in [0.15, 0.2) is 44.9 Å². The van der Waals surface area contributed by atoms with Gasteiger partial charge < -0.3 is 9.73 Å². The van der Waals surface area contributed by atoms with E-state index in [9.17, 15) is 4.79 Å². The average molecular weight is 383 g/mol. The molecule has 0 saturated carbocycles. The highest BCUT2D eigenvalue weighted by atomic mass is 32.1.